The van der Waals surface area contributed by atoms with Gasteiger partial charge in [0.25, 0.3) is 0 Å². The zero-order valence-electron chi connectivity index (χ0n) is 14.4. The van der Waals surface area contributed by atoms with Crippen molar-refractivity contribution in [2.45, 2.75) is 19.5 Å². The number of halogens is 1. The lowest BCUT2D eigenvalue weighted by Gasteiger charge is -2.22. The average molecular weight is 327 g/mol. The van der Waals surface area contributed by atoms with Crippen LogP contribution in [-0.2, 0) is 13.6 Å². The van der Waals surface area contributed by atoms with Crippen molar-refractivity contribution in [2.75, 3.05) is 19.0 Å². The standard InChI is InChI=1S/C18H22FN5/c1-12(16-8-15(19)5-6-17(16)23(2)3)20-9-13-7-14-11-22-24(4)18(14)21-10-13/h5-8,10-12,20H,9H2,1-4H3. The summed E-state index contributed by atoms with van der Waals surface area (Å²) < 4.78 is 15.4. The zero-order chi connectivity index (χ0) is 17.3. The van der Waals surface area contributed by atoms with Crippen molar-refractivity contribution >= 4 is 16.7 Å². The molecule has 0 spiro atoms. The van der Waals surface area contributed by atoms with Gasteiger partial charge in [-0.25, -0.2) is 9.37 Å². The topological polar surface area (TPSA) is 46.0 Å². The van der Waals surface area contributed by atoms with Crippen LogP contribution < -0.4 is 10.2 Å². The first kappa shape index (κ1) is 16.4. The van der Waals surface area contributed by atoms with Gasteiger partial charge < -0.3 is 10.2 Å². The summed E-state index contributed by atoms with van der Waals surface area (Å²) in [6, 6.07) is 6.99. The molecule has 0 aliphatic heterocycles. The van der Waals surface area contributed by atoms with Gasteiger partial charge in [-0.2, -0.15) is 5.10 Å². The number of anilines is 1. The minimum atomic E-state index is -0.220. The third-order valence-electron chi connectivity index (χ3n) is 4.18. The molecule has 0 amide bonds. The Hall–Kier alpha value is -2.47. The first-order valence-corrected chi connectivity index (χ1v) is 7.92. The number of aromatic nitrogens is 3. The molecule has 1 aromatic carbocycles. The van der Waals surface area contributed by atoms with E-state index in [9.17, 15) is 4.39 Å². The van der Waals surface area contributed by atoms with E-state index in [1.807, 2.05) is 51.4 Å². The Labute approximate surface area is 141 Å². The summed E-state index contributed by atoms with van der Waals surface area (Å²) in [6.07, 6.45) is 3.66. The van der Waals surface area contributed by atoms with Gasteiger partial charge in [0, 0.05) is 51.0 Å². The predicted molar refractivity (Wildman–Crippen MR) is 94.5 cm³/mol. The molecule has 3 rings (SSSR count). The fraction of sp³-hybridized carbons (Fsp3) is 0.333. The van der Waals surface area contributed by atoms with Crippen LogP contribution in [0.2, 0.25) is 0 Å². The van der Waals surface area contributed by atoms with Crippen LogP contribution >= 0.6 is 0 Å². The van der Waals surface area contributed by atoms with Crippen LogP contribution in [0.15, 0.2) is 36.7 Å². The predicted octanol–water partition coefficient (Wildman–Crippen LogP) is 3.02. The number of rotatable bonds is 5. The summed E-state index contributed by atoms with van der Waals surface area (Å²) in [5.41, 5.74) is 3.89. The van der Waals surface area contributed by atoms with Crippen LogP contribution in [-0.4, -0.2) is 28.9 Å². The number of nitrogens with zero attached hydrogens (tertiary/aromatic N) is 4. The molecule has 0 saturated carbocycles. The Morgan fingerprint density at radius 2 is 2.04 bits per heavy atom. The Bertz CT molecular complexity index is 856. The molecule has 0 aliphatic rings. The number of pyridine rings is 1. The highest BCUT2D eigenvalue weighted by Crippen LogP contribution is 2.26. The van der Waals surface area contributed by atoms with E-state index in [1.165, 1.54) is 6.07 Å². The molecule has 3 aromatic rings. The minimum Gasteiger partial charge on any atom is -0.377 e. The summed E-state index contributed by atoms with van der Waals surface area (Å²) in [7, 11) is 5.80. The van der Waals surface area contributed by atoms with Gasteiger partial charge in [-0.1, -0.05) is 0 Å². The summed E-state index contributed by atoms with van der Waals surface area (Å²) in [5.74, 6) is -0.220. The summed E-state index contributed by atoms with van der Waals surface area (Å²) in [6.45, 7) is 2.69. The number of hydrogen-bond acceptors (Lipinski definition) is 4. The highest BCUT2D eigenvalue weighted by atomic mass is 19.1. The molecular formula is C18H22FN5. The van der Waals surface area contributed by atoms with E-state index in [0.29, 0.717) is 6.54 Å². The van der Waals surface area contributed by atoms with Gasteiger partial charge in [-0.3, -0.25) is 4.68 Å². The lowest BCUT2D eigenvalue weighted by atomic mass is 10.0. The molecule has 0 bridgehead atoms. The van der Waals surface area contributed by atoms with Crippen LogP contribution in [0.3, 0.4) is 0 Å². The third-order valence-corrected chi connectivity index (χ3v) is 4.18. The largest absolute Gasteiger partial charge is 0.377 e. The average Bonchev–Trinajstić information content (AvgIpc) is 2.93. The second kappa shape index (κ2) is 6.57. The van der Waals surface area contributed by atoms with Crippen molar-refractivity contribution in [3.8, 4) is 0 Å². The molecule has 126 valence electrons. The maximum atomic E-state index is 13.6. The third kappa shape index (κ3) is 3.23. The van der Waals surface area contributed by atoms with Gasteiger partial charge in [-0.05, 0) is 42.3 Å². The number of nitrogens with one attached hydrogen (secondary N) is 1. The van der Waals surface area contributed by atoms with Gasteiger partial charge in [0.2, 0.25) is 0 Å². The number of benzene rings is 1. The zero-order valence-corrected chi connectivity index (χ0v) is 14.4. The molecule has 1 atom stereocenters. The van der Waals surface area contributed by atoms with E-state index in [4.69, 9.17) is 0 Å². The fourth-order valence-corrected chi connectivity index (χ4v) is 2.85. The maximum absolute atomic E-state index is 13.6. The minimum absolute atomic E-state index is 0.0164. The monoisotopic (exact) mass is 327 g/mol. The SMILES string of the molecule is CC(NCc1cnc2c(cnn2C)c1)c1cc(F)ccc1N(C)C. The molecule has 5 nitrogen and oxygen atoms in total. The second-order valence-corrected chi connectivity index (χ2v) is 6.22. The van der Waals surface area contributed by atoms with Crippen LogP contribution in [0, 0.1) is 5.82 Å². The second-order valence-electron chi connectivity index (χ2n) is 6.22. The van der Waals surface area contributed by atoms with Crippen LogP contribution in [0.5, 0.6) is 0 Å². The van der Waals surface area contributed by atoms with Crippen molar-refractivity contribution in [3.05, 3.63) is 53.6 Å². The highest BCUT2D eigenvalue weighted by molar-refractivity contribution is 5.74. The van der Waals surface area contributed by atoms with Gasteiger partial charge in [0.05, 0.1) is 6.20 Å². The van der Waals surface area contributed by atoms with Gasteiger partial charge >= 0.3 is 0 Å². The lowest BCUT2D eigenvalue weighted by molar-refractivity contribution is 0.564. The molecule has 6 heteroatoms. The van der Waals surface area contributed by atoms with E-state index in [2.05, 4.69) is 21.5 Å². The molecule has 1 N–H and O–H groups in total. The van der Waals surface area contributed by atoms with Crippen molar-refractivity contribution in [3.63, 3.8) is 0 Å². The molecule has 1 unspecified atom stereocenters. The molecule has 0 saturated heterocycles. The summed E-state index contributed by atoms with van der Waals surface area (Å²) in [5, 5.41) is 8.67. The molecule has 0 radical (unpaired) electrons. The van der Waals surface area contributed by atoms with Crippen LogP contribution in [0.25, 0.3) is 11.0 Å². The van der Waals surface area contributed by atoms with E-state index >= 15 is 0 Å². The van der Waals surface area contributed by atoms with E-state index in [1.54, 1.807) is 10.7 Å². The molecule has 0 fully saturated rings. The smallest absolute Gasteiger partial charge is 0.157 e. The van der Waals surface area contributed by atoms with Crippen molar-refractivity contribution in [1.29, 1.82) is 0 Å². The maximum Gasteiger partial charge on any atom is 0.157 e. The normalized spacial score (nSPS) is 12.5. The molecule has 2 aromatic heterocycles. The van der Waals surface area contributed by atoms with Crippen LogP contribution in [0.1, 0.15) is 24.1 Å². The lowest BCUT2D eigenvalue weighted by Crippen LogP contribution is -2.21. The van der Waals surface area contributed by atoms with Gasteiger partial charge in [0.15, 0.2) is 5.65 Å². The van der Waals surface area contributed by atoms with Crippen molar-refractivity contribution < 1.29 is 4.39 Å². The summed E-state index contributed by atoms with van der Waals surface area (Å²) in [4.78, 5) is 6.44. The highest BCUT2D eigenvalue weighted by Gasteiger charge is 2.13. The van der Waals surface area contributed by atoms with Crippen molar-refractivity contribution in [1.82, 2.24) is 20.1 Å². The van der Waals surface area contributed by atoms with Crippen LogP contribution in [0.4, 0.5) is 10.1 Å². The Morgan fingerprint density at radius 3 is 2.79 bits per heavy atom. The molecule has 2 heterocycles. The number of aryl methyl sites for hydroxylation is 1. The number of hydrogen-bond donors (Lipinski definition) is 1. The van der Waals surface area contributed by atoms with Gasteiger partial charge in [-0.15, -0.1) is 0 Å². The Morgan fingerprint density at radius 1 is 1.25 bits per heavy atom. The molecule has 0 aliphatic carbocycles. The van der Waals surface area contributed by atoms with Crippen molar-refractivity contribution in [2.24, 2.45) is 7.05 Å². The van der Waals surface area contributed by atoms with E-state index in [-0.39, 0.29) is 11.9 Å². The Kier molecular flexibility index (Phi) is 4.49. The Balaban J connectivity index is 1.77. The first-order valence-electron chi connectivity index (χ1n) is 7.92. The number of fused-ring (bicyclic) bond motifs is 1. The molecular weight excluding hydrogens is 305 g/mol. The quantitative estimate of drug-likeness (QED) is 0.782. The van der Waals surface area contributed by atoms with E-state index < -0.39 is 0 Å². The fourth-order valence-electron chi connectivity index (χ4n) is 2.85. The summed E-state index contributed by atoms with van der Waals surface area (Å²) >= 11 is 0. The molecule has 24 heavy (non-hydrogen) atoms. The first-order chi connectivity index (χ1) is 11.5. The van der Waals surface area contributed by atoms with Gasteiger partial charge in [0.1, 0.15) is 5.82 Å². The van der Waals surface area contributed by atoms with E-state index in [0.717, 1.165) is 27.8 Å².